The number of phenolic OH excluding ortho intramolecular Hbond substituents is 1. The van der Waals surface area contributed by atoms with Crippen molar-refractivity contribution < 1.29 is 14.2 Å². The van der Waals surface area contributed by atoms with Crippen LogP contribution in [-0.4, -0.2) is 23.3 Å². The number of ether oxygens (including phenoxy) is 1. The van der Waals surface area contributed by atoms with Gasteiger partial charge in [-0.1, -0.05) is 16.5 Å². The molecule has 0 bridgehead atoms. The van der Waals surface area contributed by atoms with Crippen LogP contribution >= 0.6 is 0 Å². The lowest BCUT2D eigenvalue weighted by atomic mass is 10.1. The van der Waals surface area contributed by atoms with E-state index in [-0.39, 0.29) is 5.75 Å². The molecule has 0 amide bonds. The highest BCUT2D eigenvalue weighted by molar-refractivity contribution is 5.76. The van der Waals surface area contributed by atoms with Crippen LogP contribution in [0.5, 0.6) is 11.5 Å². The molecule has 0 atom stereocenters. The number of phenols is 1. The summed E-state index contributed by atoms with van der Waals surface area (Å²) in [6.45, 7) is 2.76. The summed E-state index contributed by atoms with van der Waals surface area (Å²) in [7, 11) is 1.54. The Balaban J connectivity index is 1.81. The Bertz CT molecular complexity index is 1110. The van der Waals surface area contributed by atoms with Crippen molar-refractivity contribution in [2.24, 2.45) is 5.73 Å². The molecule has 3 heterocycles. The fraction of sp³-hybridized carbons (Fsp3) is 0.190. The van der Waals surface area contributed by atoms with Crippen molar-refractivity contribution >= 4 is 23.7 Å². The molecule has 1 aliphatic rings. The quantitative estimate of drug-likeness (QED) is 0.697. The molecule has 0 saturated carbocycles. The number of aromatic nitrogens is 2. The van der Waals surface area contributed by atoms with Gasteiger partial charge in [0, 0.05) is 12.2 Å². The lowest BCUT2D eigenvalue weighted by molar-refractivity contribution is -0.583. The predicted molar refractivity (Wildman–Crippen MR) is 103 cm³/mol. The van der Waals surface area contributed by atoms with Crippen LogP contribution in [0.25, 0.3) is 23.7 Å². The molecular weight excluding hydrogens is 326 g/mol. The summed E-state index contributed by atoms with van der Waals surface area (Å²) in [6, 6.07) is 7.56. The largest absolute Gasteiger partial charge is 0.504 e. The minimum atomic E-state index is 0.137. The molecule has 0 aliphatic carbocycles. The number of aromatic hydroxyl groups is 1. The van der Waals surface area contributed by atoms with E-state index in [1.165, 1.54) is 22.3 Å². The molecule has 0 saturated heterocycles. The predicted octanol–water partition coefficient (Wildman–Crippen LogP) is 2.68. The minimum Gasteiger partial charge on any atom is -0.504 e. The first-order valence-electron chi connectivity index (χ1n) is 8.66. The summed E-state index contributed by atoms with van der Waals surface area (Å²) in [5.41, 5.74) is 12.8. The van der Waals surface area contributed by atoms with Crippen LogP contribution in [0, 0.1) is 13.1 Å². The average molecular weight is 348 g/mol. The first-order valence-corrected chi connectivity index (χ1v) is 8.66. The maximum absolute atomic E-state index is 9.96. The number of allylic oxidation sites excluding steroid dienone is 1. The maximum Gasteiger partial charge on any atom is 0.242 e. The van der Waals surface area contributed by atoms with E-state index < -0.39 is 0 Å². The Labute approximate surface area is 151 Å². The molecule has 26 heavy (non-hydrogen) atoms. The number of fused-ring (bicyclic) bond motifs is 3. The van der Waals surface area contributed by atoms with E-state index in [0.717, 1.165) is 17.7 Å². The number of hydrogen-bond acceptors (Lipinski definition) is 3. The smallest absolute Gasteiger partial charge is 0.242 e. The highest BCUT2D eigenvalue weighted by atomic mass is 16.5. The molecule has 0 spiro atoms. The average Bonchev–Trinajstić information content (AvgIpc) is 3.28. The van der Waals surface area contributed by atoms with Gasteiger partial charge in [-0.2, -0.15) is 0 Å². The Morgan fingerprint density at radius 1 is 1.27 bits per heavy atom. The molecule has 0 unspecified atom stereocenters. The van der Waals surface area contributed by atoms with Gasteiger partial charge in [0.05, 0.1) is 12.7 Å². The number of hydrogen-bond donors (Lipinski definition) is 2. The number of aryl methyl sites for hydroxylation is 1. The van der Waals surface area contributed by atoms with Crippen LogP contribution in [0.15, 0.2) is 30.3 Å². The van der Waals surface area contributed by atoms with E-state index in [1.807, 2.05) is 12.1 Å². The third-order valence-corrected chi connectivity index (χ3v) is 4.78. The summed E-state index contributed by atoms with van der Waals surface area (Å²) in [5, 5.41) is 9.96. The van der Waals surface area contributed by atoms with E-state index in [9.17, 15) is 5.11 Å². The second kappa shape index (κ2) is 6.35. The molecule has 0 radical (unpaired) electrons. The molecule has 2 aromatic heterocycles. The Kier molecular flexibility index (Phi) is 4.01. The van der Waals surface area contributed by atoms with E-state index in [4.69, 9.17) is 10.5 Å². The van der Waals surface area contributed by atoms with Gasteiger partial charge >= 0.3 is 0 Å². The third kappa shape index (κ3) is 2.48. The Hall–Kier alpha value is -3.05. The summed E-state index contributed by atoms with van der Waals surface area (Å²) < 4.78 is 9.48. The standard InChI is InChI=1S/C21H21N3O2/c1-14-12-16(7-5-15-6-8-20(26-2)19(25)13-15)24-21(14)17(9-10-22)18-4-3-11-23(18)24/h3-8,11-13H,9-10,22H2,1-2H3/p+1/b7-5+. The van der Waals surface area contributed by atoms with Gasteiger partial charge in [-0.05, 0) is 55.3 Å². The molecule has 0 fully saturated rings. The topological polar surface area (TPSA) is 65.8 Å². The van der Waals surface area contributed by atoms with E-state index in [0.29, 0.717) is 12.3 Å². The molecule has 1 aliphatic heterocycles. The zero-order valence-electron chi connectivity index (χ0n) is 14.9. The van der Waals surface area contributed by atoms with Crippen molar-refractivity contribution in [2.75, 3.05) is 13.7 Å². The number of benzene rings is 1. The van der Waals surface area contributed by atoms with Crippen LogP contribution < -0.4 is 14.8 Å². The van der Waals surface area contributed by atoms with Crippen molar-refractivity contribution in [3.63, 3.8) is 0 Å². The zero-order chi connectivity index (χ0) is 18.3. The third-order valence-electron chi connectivity index (χ3n) is 4.78. The van der Waals surface area contributed by atoms with Crippen molar-refractivity contribution in [3.8, 4) is 11.5 Å². The molecule has 3 N–H and O–H groups in total. The van der Waals surface area contributed by atoms with Crippen LogP contribution in [0.4, 0.5) is 0 Å². The van der Waals surface area contributed by atoms with Gasteiger partial charge in [0.1, 0.15) is 11.2 Å². The first kappa shape index (κ1) is 16.4. The number of nitrogens with two attached hydrogens (primary N) is 1. The highest BCUT2D eigenvalue weighted by Gasteiger charge is 2.26. The zero-order valence-corrected chi connectivity index (χ0v) is 14.9. The first-order chi connectivity index (χ1) is 12.6. The number of methoxy groups -OCH3 is 1. The molecule has 1 aromatic carbocycles. The van der Waals surface area contributed by atoms with Gasteiger partial charge in [-0.15, -0.1) is 4.52 Å². The molecular formula is C21H22N3O2+. The summed E-state index contributed by atoms with van der Waals surface area (Å²) in [4.78, 5) is 0. The molecule has 4 rings (SSSR count). The minimum absolute atomic E-state index is 0.137. The molecule has 132 valence electrons. The monoisotopic (exact) mass is 348 g/mol. The number of rotatable bonds is 5. The van der Waals surface area contributed by atoms with E-state index in [2.05, 4.69) is 46.3 Å². The van der Waals surface area contributed by atoms with Crippen LogP contribution in [0.3, 0.4) is 0 Å². The lowest BCUT2D eigenvalue weighted by Crippen LogP contribution is -2.24. The van der Waals surface area contributed by atoms with Gasteiger partial charge < -0.3 is 15.6 Å². The summed E-state index contributed by atoms with van der Waals surface area (Å²) in [6.07, 6.45) is 11.2. The van der Waals surface area contributed by atoms with Crippen molar-refractivity contribution in [1.29, 1.82) is 0 Å². The maximum atomic E-state index is 9.96. The van der Waals surface area contributed by atoms with Gasteiger partial charge in [0.25, 0.3) is 0 Å². The van der Waals surface area contributed by atoms with Crippen molar-refractivity contribution in [1.82, 2.24) is 4.52 Å². The van der Waals surface area contributed by atoms with Crippen LogP contribution in [0.1, 0.15) is 28.1 Å². The van der Waals surface area contributed by atoms with Crippen molar-refractivity contribution in [2.45, 2.75) is 13.3 Å². The molecule has 5 heteroatoms. The van der Waals surface area contributed by atoms with Crippen LogP contribution in [-0.2, 0) is 6.42 Å². The van der Waals surface area contributed by atoms with Crippen molar-refractivity contribution in [3.05, 3.63) is 64.6 Å². The van der Waals surface area contributed by atoms with E-state index >= 15 is 0 Å². The number of nitrogens with zero attached hydrogens (tertiary/aromatic N) is 2. The Morgan fingerprint density at radius 3 is 2.85 bits per heavy atom. The second-order valence-electron chi connectivity index (χ2n) is 6.43. The van der Waals surface area contributed by atoms with Gasteiger partial charge in [0.15, 0.2) is 11.5 Å². The normalized spacial score (nSPS) is 12.9. The van der Waals surface area contributed by atoms with E-state index in [1.54, 1.807) is 19.2 Å². The SMILES string of the molecule is COc1ccc(/C=C/c2cc(C)c3c(CCN)c4[n+](n23)=CC=C4)cc1O. The van der Waals surface area contributed by atoms with Gasteiger partial charge in [-0.3, -0.25) is 0 Å². The summed E-state index contributed by atoms with van der Waals surface area (Å²) >= 11 is 0. The van der Waals surface area contributed by atoms with Gasteiger partial charge in [0.2, 0.25) is 11.9 Å². The van der Waals surface area contributed by atoms with Gasteiger partial charge in [-0.25, -0.2) is 0 Å². The van der Waals surface area contributed by atoms with Crippen LogP contribution in [0.2, 0.25) is 0 Å². The highest BCUT2D eigenvalue weighted by Crippen LogP contribution is 2.28. The second-order valence-corrected chi connectivity index (χ2v) is 6.43. The lowest BCUT2D eigenvalue weighted by Gasteiger charge is -2.03. The summed E-state index contributed by atoms with van der Waals surface area (Å²) in [5.74, 6) is 0.608. The fourth-order valence-electron chi connectivity index (χ4n) is 3.65. The Morgan fingerprint density at radius 2 is 2.12 bits per heavy atom. The fourth-order valence-corrected chi connectivity index (χ4v) is 3.65. The molecule has 3 aromatic rings. The molecule has 5 nitrogen and oxygen atoms in total.